The molecule has 1 fully saturated rings. The number of piperazine rings is 1. The van der Waals surface area contributed by atoms with Crippen molar-refractivity contribution in [1.29, 1.82) is 0 Å². The van der Waals surface area contributed by atoms with E-state index in [2.05, 4.69) is 5.32 Å². The van der Waals surface area contributed by atoms with Gasteiger partial charge in [-0.2, -0.15) is 4.31 Å². The van der Waals surface area contributed by atoms with Crippen molar-refractivity contribution in [2.24, 2.45) is 0 Å². The molecule has 1 saturated heterocycles. The normalized spacial score (nSPS) is 14.6. The molecule has 0 aliphatic carbocycles. The summed E-state index contributed by atoms with van der Waals surface area (Å²) in [5.74, 6) is 1.18. The van der Waals surface area contributed by atoms with Gasteiger partial charge in [-0.25, -0.2) is 13.2 Å². The predicted molar refractivity (Wildman–Crippen MR) is 115 cm³/mol. The Balaban J connectivity index is 1.46. The van der Waals surface area contributed by atoms with Crippen LogP contribution in [0.1, 0.15) is 0 Å². The minimum absolute atomic E-state index is 0.0190. The van der Waals surface area contributed by atoms with Gasteiger partial charge in [0.15, 0.2) is 11.5 Å². The summed E-state index contributed by atoms with van der Waals surface area (Å²) in [5, 5.41) is 13.5. The van der Waals surface area contributed by atoms with Crippen molar-refractivity contribution in [3.8, 4) is 11.5 Å². The van der Waals surface area contributed by atoms with Crippen LogP contribution in [-0.4, -0.2) is 75.0 Å². The van der Waals surface area contributed by atoms with E-state index < -0.39 is 14.9 Å². The molecule has 0 bridgehead atoms. The number of sulfonamides is 1. The maximum atomic E-state index is 12.8. The van der Waals surface area contributed by atoms with Crippen LogP contribution in [0.25, 0.3) is 0 Å². The lowest BCUT2D eigenvalue weighted by Crippen LogP contribution is -2.53. The second-order valence-electron chi connectivity index (χ2n) is 6.87. The zero-order valence-corrected chi connectivity index (χ0v) is 18.3. The molecule has 32 heavy (non-hydrogen) atoms. The molecule has 11 nitrogen and oxygen atoms in total. The Morgan fingerprint density at radius 1 is 1.06 bits per heavy atom. The number of hydrogen-bond acceptors (Lipinski definition) is 7. The first-order chi connectivity index (χ1) is 15.3. The van der Waals surface area contributed by atoms with Crippen LogP contribution in [0, 0.1) is 10.1 Å². The fourth-order valence-electron chi connectivity index (χ4n) is 3.19. The number of rotatable bonds is 8. The van der Waals surface area contributed by atoms with Crippen molar-refractivity contribution >= 4 is 21.7 Å². The topological polar surface area (TPSA) is 131 Å². The van der Waals surface area contributed by atoms with E-state index in [1.165, 1.54) is 21.3 Å². The number of nitro groups is 1. The van der Waals surface area contributed by atoms with Crippen molar-refractivity contribution in [3.63, 3.8) is 0 Å². The molecule has 0 spiro atoms. The number of carbonyl (C=O) groups is 1. The largest absolute Gasteiger partial charge is 0.493 e. The zero-order valence-electron chi connectivity index (χ0n) is 17.5. The Hall–Kier alpha value is -3.38. The van der Waals surface area contributed by atoms with Crippen LogP contribution in [-0.2, 0) is 10.0 Å². The molecule has 0 radical (unpaired) electrons. The number of amides is 2. The number of non-ortho nitro benzene ring substituents is 1. The summed E-state index contributed by atoms with van der Waals surface area (Å²) in [6.07, 6.45) is 0. The van der Waals surface area contributed by atoms with Crippen molar-refractivity contribution in [1.82, 2.24) is 14.5 Å². The summed E-state index contributed by atoms with van der Waals surface area (Å²) in [4.78, 5) is 24.0. The molecule has 3 rings (SSSR count). The number of para-hydroxylation sites is 2. The van der Waals surface area contributed by atoms with E-state index in [1.807, 2.05) is 12.1 Å². The summed E-state index contributed by atoms with van der Waals surface area (Å²) < 4.78 is 37.6. The van der Waals surface area contributed by atoms with Crippen LogP contribution < -0.4 is 14.8 Å². The molecular formula is C20H24N4O7S. The highest BCUT2D eigenvalue weighted by molar-refractivity contribution is 7.89. The number of benzene rings is 2. The van der Waals surface area contributed by atoms with Gasteiger partial charge in [0.05, 0.1) is 23.5 Å². The van der Waals surface area contributed by atoms with Crippen LogP contribution in [0.5, 0.6) is 11.5 Å². The third-order valence-electron chi connectivity index (χ3n) is 4.92. The molecule has 0 aromatic heterocycles. The minimum Gasteiger partial charge on any atom is -0.493 e. The first-order valence-electron chi connectivity index (χ1n) is 9.86. The molecule has 0 saturated carbocycles. The zero-order chi connectivity index (χ0) is 23.1. The van der Waals surface area contributed by atoms with Crippen LogP contribution in [0.2, 0.25) is 0 Å². The first-order valence-corrected chi connectivity index (χ1v) is 11.3. The van der Waals surface area contributed by atoms with Crippen molar-refractivity contribution in [2.75, 3.05) is 46.4 Å². The lowest BCUT2D eigenvalue weighted by molar-refractivity contribution is -0.384. The van der Waals surface area contributed by atoms with E-state index in [1.54, 1.807) is 19.2 Å². The lowest BCUT2D eigenvalue weighted by Gasteiger charge is -2.34. The molecule has 0 unspecified atom stereocenters. The lowest BCUT2D eigenvalue weighted by atomic mass is 10.3. The van der Waals surface area contributed by atoms with E-state index in [9.17, 15) is 23.3 Å². The Kier molecular flexibility index (Phi) is 7.49. The third kappa shape index (κ3) is 5.45. The van der Waals surface area contributed by atoms with Crippen LogP contribution >= 0.6 is 0 Å². The standard InChI is InChI=1S/C20H24N4O7S/c1-30-18-4-2-3-5-19(18)31-15-10-21-20(25)22-11-13-23(14-12-22)32(28,29)17-8-6-16(7-9-17)24(26)27/h2-9H,10-15H2,1H3,(H,21,25). The number of methoxy groups -OCH3 is 1. The fraction of sp³-hybridized carbons (Fsp3) is 0.350. The third-order valence-corrected chi connectivity index (χ3v) is 6.83. The van der Waals surface area contributed by atoms with Gasteiger partial charge in [0.2, 0.25) is 10.0 Å². The van der Waals surface area contributed by atoms with Crippen LogP contribution in [0.3, 0.4) is 0 Å². The fourth-order valence-corrected chi connectivity index (χ4v) is 4.61. The van der Waals surface area contributed by atoms with Gasteiger partial charge in [0, 0.05) is 38.3 Å². The quantitative estimate of drug-likeness (QED) is 0.357. The molecule has 1 heterocycles. The van der Waals surface area contributed by atoms with Gasteiger partial charge >= 0.3 is 6.03 Å². The molecule has 2 aromatic carbocycles. The van der Waals surface area contributed by atoms with Crippen LogP contribution in [0.15, 0.2) is 53.4 Å². The van der Waals surface area contributed by atoms with Crippen molar-refractivity contribution in [3.05, 3.63) is 58.6 Å². The molecule has 172 valence electrons. The molecule has 1 aliphatic heterocycles. The van der Waals surface area contributed by atoms with Crippen molar-refractivity contribution < 1.29 is 27.6 Å². The molecule has 0 atom stereocenters. The number of nitrogens with zero attached hydrogens (tertiary/aromatic N) is 3. The van der Waals surface area contributed by atoms with Crippen molar-refractivity contribution in [2.45, 2.75) is 4.90 Å². The second-order valence-corrected chi connectivity index (χ2v) is 8.81. The molecule has 2 amide bonds. The Morgan fingerprint density at radius 2 is 1.69 bits per heavy atom. The van der Waals surface area contributed by atoms with Gasteiger partial charge in [0.25, 0.3) is 5.69 Å². The number of ether oxygens (including phenoxy) is 2. The monoisotopic (exact) mass is 464 g/mol. The summed E-state index contributed by atoms with van der Waals surface area (Å²) in [7, 11) is -2.24. The average molecular weight is 465 g/mol. The van der Waals surface area contributed by atoms with E-state index in [-0.39, 0.29) is 55.9 Å². The Morgan fingerprint density at radius 3 is 2.28 bits per heavy atom. The number of carbonyl (C=O) groups excluding carboxylic acids is 1. The molecule has 2 aromatic rings. The number of urea groups is 1. The summed E-state index contributed by atoms with van der Waals surface area (Å²) >= 11 is 0. The van der Waals surface area contributed by atoms with E-state index >= 15 is 0 Å². The summed E-state index contributed by atoms with van der Waals surface area (Å²) in [6, 6.07) is 11.6. The molecular weight excluding hydrogens is 440 g/mol. The van der Waals surface area contributed by atoms with Crippen LogP contribution in [0.4, 0.5) is 10.5 Å². The average Bonchev–Trinajstić information content (AvgIpc) is 2.82. The maximum Gasteiger partial charge on any atom is 0.317 e. The molecule has 12 heteroatoms. The van der Waals surface area contributed by atoms with Gasteiger partial charge in [-0.3, -0.25) is 10.1 Å². The highest BCUT2D eigenvalue weighted by Gasteiger charge is 2.30. The first kappa shape index (κ1) is 23.3. The maximum absolute atomic E-state index is 12.8. The summed E-state index contributed by atoms with van der Waals surface area (Å²) in [5.41, 5.74) is -0.180. The van der Waals surface area contributed by atoms with Gasteiger partial charge in [-0.05, 0) is 24.3 Å². The van der Waals surface area contributed by atoms with E-state index in [0.29, 0.717) is 11.5 Å². The SMILES string of the molecule is COc1ccccc1OCCNC(=O)N1CCN(S(=O)(=O)c2ccc([N+](=O)[O-])cc2)CC1. The number of hydrogen-bond donors (Lipinski definition) is 1. The smallest absolute Gasteiger partial charge is 0.317 e. The Bertz CT molecular complexity index is 1050. The second kappa shape index (κ2) is 10.3. The minimum atomic E-state index is -3.79. The van der Waals surface area contributed by atoms with Gasteiger partial charge in [-0.1, -0.05) is 12.1 Å². The highest BCUT2D eigenvalue weighted by atomic mass is 32.2. The van der Waals surface area contributed by atoms with Gasteiger partial charge < -0.3 is 19.7 Å². The molecule has 1 N–H and O–H groups in total. The number of nitrogens with one attached hydrogen (secondary N) is 1. The van der Waals surface area contributed by atoms with Gasteiger partial charge in [0.1, 0.15) is 6.61 Å². The summed E-state index contributed by atoms with van der Waals surface area (Å²) in [6.45, 7) is 1.24. The highest BCUT2D eigenvalue weighted by Crippen LogP contribution is 2.25. The Labute approximate surface area is 185 Å². The van der Waals surface area contributed by atoms with E-state index in [4.69, 9.17) is 9.47 Å². The van der Waals surface area contributed by atoms with Gasteiger partial charge in [-0.15, -0.1) is 0 Å². The predicted octanol–water partition coefficient (Wildman–Crippen LogP) is 1.70. The van der Waals surface area contributed by atoms with E-state index in [0.717, 1.165) is 12.1 Å². The molecule has 1 aliphatic rings. The number of nitro benzene ring substituents is 1.